The zero-order valence-corrected chi connectivity index (χ0v) is 26.5. The third-order valence-corrected chi connectivity index (χ3v) is 7.87. The van der Waals surface area contributed by atoms with E-state index in [1.165, 1.54) is 0 Å². The summed E-state index contributed by atoms with van der Waals surface area (Å²) in [6.45, 7) is 18.6. The molecule has 2 heterocycles. The van der Waals surface area contributed by atoms with Crippen LogP contribution in [0.5, 0.6) is 0 Å². The molecule has 222 valence electrons. The van der Waals surface area contributed by atoms with Crippen molar-refractivity contribution in [3.05, 3.63) is 123 Å². The van der Waals surface area contributed by atoms with Gasteiger partial charge in [0.25, 0.3) is 0 Å². The summed E-state index contributed by atoms with van der Waals surface area (Å²) in [6, 6.07) is 18.1. The molecule has 0 amide bonds. The molecule has 1 aromatic carbocycles. The van der Waals surface area contributed by atoms with Gasteiger partial charge in [-0.1, -0.05) is 71.9 Å². The van der Waals surface area contributed by atoms with Crippen LogP contribution in [0.15, 0.2) is 105 Å². The highest BCUT2D eigenvalue weighted by atomic mass is 16.5. The van der Waals surface area contributed by atoms with E-state index in [4.69, 9.17) is 9.15 Å². The summed E-state index contributed by atoms with van der Waals surface area (Å²) in [5.41, 5.74) is 3.58. The van der Waals surface area contributed by atoms with Crippen molar-refractivity contribution in [3.63, 3.8) is 0 Å². The van der Waals surface area contributed by atoms with Crippen LogP contribution in [0, 0.1) is 5.41 Å². The van der Waals surface area contributed by atoms with Crippen molar-refractivity contribution in [3.8, 4) is 11.3 Å². The summed E-state index contributed by atoms with van der Waals surface area (Å²) in [4.78, 5) is 13.5. The molecule has 0 saturated carbocycles. The highest BCUT2D eigenvalue weighted by Crippen LogP contribution is 2.40. The highest BCUT2D eigenvalue weighted by Gasteiger charge is 2.34. The van der Waals surface area contributed by atoms with E-state index in [1.54, 1.807) is 12.2 Å². The normalized spacial score (nSPS) is 17.6. The van der Waals surface area contributed by atoms with Crippen molar-refractivity contribution in [2.45, 2.75) is 60.8 Å². The van der Waals surface area contributed by atoms with Crippen LogP contribution < -0.4 is 9.93 Å². The molecule has 2 aliphatic heterocycles. The van der Waals surface area contributed by atoms with Crippen LogP contribution >= 0.6 is 0 Å². The molecular weight excluding hydrogens is 534 g/mol. The van der Waals surface area contributed by atoms with Gasteiger partial charge in [-0.25, -0.2) is 4.58 Å². The van der Waals surface area contributed by atoms with Gasteiger partial charge in [0, 0.05) is 28.0 Å². The van der Waals surface area contributed by atoms with E-state index in [2.05, 4.69) is 72.1 Å². The Hall–Kier alpha value is -4.38. The van der Waals surface area contributed by atoms with Crippen molar-refractivity contribution in [1.29, 1.82) is 0 Å². The number of rotatable bonds is 5. The standard InChI is InChI=1S/C38H41NO4/c1-9-39(10-2)27-16-17-28-26(22-34(38(6,7)8)43-32(28)23-27)21-30-35(40)29(36(30)41)18-24-19-31(25-14-12-11-13-15-25)42-33(20-24)37(3,4)5/h11-23H,9-10H2,1-8H3/p+1. The van der Waals surface area contributed by atoms with Crippen LogP contribution in [0.4, 0.5) is 0 Å². The molecule has 4 aliphatic rings. The number of carbonyl (C=O) groups is 1. The minimum Gasteiger partial charge on any atom is -0.506 e. The smallest absolute Gasteiger partial charge is 0.203 e. The molecule has 5 heteroatoms. The lowest BCUT2D eigenvalue weighted by Gasteiger charge is -2.28. The molecule has 43 heavy (non-hydrogen) atoms. The molecule has 0 unspecified atom stereocenters. The van der Waals surface area contributed by atoms with Crippen LogP contribution in [0.1, 0.15) is 72.3 Å². The number of carbonyl (C=O) groups excluding carboxylic acids is 1. The van der Waals surface area contributed by atoms with Gasteiger partial charge >= 0.3 is 0 Å². The third kappa shape index (κ3) is 6.08. The number of aliphatic hydroxyl groups is 1. The molecular formula is C38H42NO4+. The van der Waals surface area contributed by atoms with E-state index in [0.29, 0.717) is 16.9 Å². The number of nitrogens with zero attached hydrogens (tertiary/aromatic N) is 1. The predicted octanol–water partition coefficient (Wildman–Crippen LogP) is 8.20. The maximum absolute atomic E-state index is 13.5. The van der Waals surface area contributed by atoms with E-state index in [1.807, 2.05) is 54.6 Å². The van der Waals surface area contributed by atoms with Crippen molar-refractivity contribution in [1.82, 2.24) is 4.58 Å². The zero-order valence-electron chi connectivity index (χ0n) is 26.5. The predicted molar refractivity (Wildman–Crippen MR) is 174 cm³/mol. The largest absolute Gasteiger partial charge is 0.506 e. The molecule has 1 N–H and O–H groups in total. The second-order valence-electron chi connectivity index (χ2n) is 13.2. The highest BCUT2D eigenvalue weighted by molar-refractivity contribution is 6.23. The Balaban J connectivity index is 1.60. The summed E-state index contributed by atoms with van der Waals surface area (Å²) in [6.07, 6.45) is 7.39. The number of Topliss-reactive ketones (excluding diaryl/α,β-unsaturated/α-hetero) is 1. The Morgan fingerprint density at radius 1 is 0.860 bits per heavy atom. The number of hydrogen-bond acceptors (Lipinski definition) is 4. The second kappa shape index (κ2) is 11.4. The number of ketones is 1. The van der Waals surface area contributed by atoms with Gasteiger partial charge in [0.15, 0.2) is 0 Å². The van der Waals surface area contributed by atoms with Gasteiger partial charge in [-0.2, -0.15) is 0 Å². The fourth-order valence-electron chi connectivity index (χ4n) is 5.23. The average Bonchev–Trinajstić information content (AvgIpc) is 2.98. The quantitative estimate of drug-likeness (QED) is 0.246. The third-order valence-electron chi connectivity index (χ3n) is 7.87. The van der Waals surface area contributed by atoms with Gasteiger partial charge in [-0.15, -0.1) is 0 Å². The van der Waals surface area contributed by atoms with Crippen LogP contribution in [-0.4, -0.2) is 24.0 Å². The van der Waals surface area contributed by atoms with Crippen molar-refractivity contribution < 1.29 is 19.1 Å². The summed E-state index contributed by atoms with van der Waals surface area (Å²) in [7, 11) is 0. The molecule has 5 rings (SSSR count). The number of allylic oxidation sites excluding steroid dienone is 7. The SMILES string of the molecule is CC[N+](CC)=c1ccc2c(C=C3C(=O)C(C=C4C=C(c5ccccc5)OC(C(C)(C)C)=C4)=C3O)cc(C(C)(C)C)oc-2c1. The van der Waals surface area contributed by atoms with Crippen LogP contribution in [-0.2, 0) is 14.9 Å². The number of fused-ring (bicyclic) bond motifs is 1. The van der Waals surface area contributed by atoms with Crippen LogP contribution in [0.25, 0.3) is 23.2 Å². The summed E-state index contributed by atoms with van der Waals surface area (Å²) >= 11 is 0. The fourth-order valence-corrected chi connectivity index (χ4v) is 5.23. The molecule has 0 fully saturated rings. The minimum absolute atomic E-state index is 0.00428. The Morgan fingerprint density at radius 3 is 2.16 bits per heavy atom. The molecule has 0 spiro atoms. The summed E-state index contributed by atoms with van der Waals surface area (Å²) in [5, 5.41) is 12.3. The van der Waals surface area contributed by atoms with Crippen molar-refractivity contribution in [2.75, 3.05) is 13.1 Å². The number of ether oxygens (including phenoxy) is 1. The Kier molecular flexibility index (Phi) is 7.95. The van der Waals surface area contributed by atoms with E-state index < -0.39 is 0 Å². The first-order valence-corrected chi connectivity index (χ1v) is 15.0. The molecule has 1 aromatic rings. The van der Waals surface area contributed by atoms with E-state index in [9.17, 15) is 9.90 Å². The maximum Gasteiger partial charge on any atom is 0.203 e. The maximum atomic E-state index is 13.5. The van der Waals surface area contributed by atoms with Crippen LogP contribution in [0.3, 0.4) is 0 Å². The minimum atomic E-state index is -0.243. The zero-order chi connectivity index (χ0) is 31.1. The molecule has 0 radical (unpaired) electrons. The van der Waals surface area contributed by atoms with Gasteiger partial charge in [0.1, 0.15) is 41.9 Å². The van der Waals surface area contributed by atoms with E-state index in [0.717, 1.165) is 58.0 Å². The molecule has 5 nitrogen and oxygen atoms in total. The molecule has 0 bridgehead atoms. The Morgan fingerprint density at radius 2 is 1.56 bits per heavy atom. The lowest BCUT2D eigenvalue weighted by molar-refractivity contribution is -0.113. The monoisotopic (exact) mass is 576 g/mol. The lowest BCUT2D eigenvalue weighted by atomic mass is 9.83. The van der Waals surface area contributed by atoms with E-state index >= 15 is 0 Å². The molecule has 0 atom stereocenters. The van der Waals surface area contributed by atoms with E-state index in [-0.39, 0.29) is 22.4 Å². The number of aliphatic hydroxyl groups excluding tert-OH is 1. The van der Waals surface area contributed by atoms with Gasteiger partial charge < -0.3 is 14.3 Å². The Labute approximate surface area is 254 Å². The Bertz CT molecular complexity index is 1770. The topological polar surface area (TPSA) is 62.7 Å². The van der Waals surface area contributed by atoms with Crippen molar-refractivity contribution in [2.24, 2.45) is 5.41 Å². The first-order valence-electron chi connectivity index (χ1n) is 15.0. The lowest BCUT2D eigenvalue weighted by Crippen LogP contribution is -2.29. The molecule has 0 saturated heterocycles. The first-order chi connectivity index (χ1) is 20.3. The number of hydrogen-bond donors (Lipinski definition) is 1. The van der Waals surface area contributed by atoms with Crippen LogP contribution in [0.2, 0.25) is 0 Å². The van der Waals surface area contributed by atoms with Gasteiger partial charge in [-0.05, 0) is 61.4 Å². The summed E-state index contributed by atoms with van der Waals surface area (Å²) in [5.74, 6) is 2.86. The molecule has 2 aliphatic carbocycles. The second-order valence-corrected chi connectivity index (χ2v) is 13.2. The van der Waals surface area contributed by atoms with Crippen molar-refractivity contribution >= 4 is 17.6 Å². The van der Waals surface area contributed by atoms with Gasteiger partial charge in [0.2, 0.25) is 11.1 Å². The summed E-state index contributed by atoms with van der Waals surface area (Å²) < 4.78 is 14.9. The van der Waals surface area contributed by atoms with Gasteiger partial charge in [0.05, 0.1) is 17.2 Å². The van der Waals surface area contributed by atoms with Gasteiger partial charge in [-0.3, -0.25) is 4.79 Å². The molecule has 0 aromatic heterocycles. The number of benzene rings is 2. The average molecular weight is 577 g/mol. The fraction of sp³-hybridized carbons (Fsp3) is 0.316. The first kappa shape index (κ1) is 30.1.